The number of amides is 1. The van der Waals surface area contributed by atoms with Gasteiger partial charge in [0.25, 0.3) is 0 Å². The molecule has 1 amide bonds. The van der Waals surface area contributed by atoms with E-state index in [0.717, 1.165) is 18.2 Å². The molecule has 0 aromatic heterocycles. The first kappa shape index (κ1) is 13.0. The fourth-order valence-electron chi connectivity index (χ4n) is 2.19. The lowest BCUT2D eigenvalue weighted by atomic mass is 9.87. The van der Waals surface area contributed by atoms with Crippen molar-refractivity contribution in [3.8, 4) is 0 Å². The van der Waals surface area contributed by atoms with Gasteiger partial charge in [0.05, 0.1) is 0 Å². The van der Waals surface area contributed by atoms with Gasteiger partial charge >= 0.3 is 0 Å². The van der Waals surface area contributed by atoms with E-state index in [1.54, 1.807) is 0 Å². The van der Waals surface area contributed by atoms with Crippen LogP contribution in [0.4, 0.5) is 0 Å². The molecule has 1 unspecified atom stereocenters. The molecule has 1 fully saturated rings. The number of nitrogens with one attached hydrogen (secondary N) is 1. The largest absolute Gasteiger partial charge is 0.353 e. The zero-order valence-corrected chi connectivity index (χ0v) is 11.2. The molecule has 0 aromatic carbocycles. The SMILES string of the molecule is CCC(CBr)NC(=O)CC1CCCCC1. The third-order valence-electron chi connectivity index (χ3n) is 3.24. The molecule has 0 aliphatic heterocycles. The van der Waals surface area contributed by atoms with Crippen molar-refractivity contribution in [1.29, 1.82) is 0 Å². The van der Waals surface area contributed by atoms with E-state index in [1.165, 1.54) is 32.1 Å². The first-order valence-corrected chi connectivity index (χ1v) is 7.23. The average Bonchev–Trinajstić information content (AvgIpc) is 2.27. The van der Waals surface area contributed by atoms with E-state index in [4.69, 9.17) is 0 Å². The smallest absolute Gasteiger partial charge is 0.220 e. The van der Waals surface area contributed by atoms with Crippen LogP contribution in [0.5, 0.6) is 0 Å². The Kier molecular flexibility index (Phi) is 6.30. The molecule has 1 atom stereocenters. The van der Waals surface area contributed by atoms with Crippen LogP contribution in [-0.2, 0) is 4.79 Å². The monoisotopic (exact) mass is 275 g/mol. The van der Waals surface area contributed by atoms with Gasteiger partial charge in [0.2, 0.25) is 5.91 Å². The maximum Gasteiger partial charge on any atom is 0.220 e. The van der Waals surface area contributed by atoms with Crippen molar-refractivity contribution in [3.63, 3.8) is 0 Å². The Labute approximate surface area is 101 Å². The molecule has 0 radical (unpaired) electrons. The normalized spacial score (nSPS) is 19.9. The van der Waals surface area contributed by atoms with Crippen LogP contribution in [-0.4, -0.2) is 17.3 Å². The van der Waals surface area contributed by atoms with Crippen molar-refractivity contribution >= 4 is 21.8 Å². The summed E-state index contributed by atoms with van der Waals surface area (Å²) in [5, 5.41) is 3.94. The lowest BCUT2D eigenvalue weighted by Crippen LogP contribution is -2.36. The van der Waals surface area contributed by atoms with Crippen molar-refractivity contribution in [2.24, 2.45) is 5.92 Å². The minimum Gasteiger partial charge on any atom is -0.353 e. The van der Waals surface area contributed by atoms with E-state index in [-0.39, 0.29) is 5.91 Å². The highest BCUT2D eigenvalue weighted by atomic mass is 79.9. The Bertz CT molecular complexity index is 186. The maximum absolute atomic E-state index is 11.7. The highest BCUT2D eigenvalue weighted by Crippen LogP contribution is 2.26. The molecule has 15 heavy (non-hydrogen) atoms. The van der Waals surface area contributed by atoms with Gasteiger partial charge in [-0.3, -0.25) is 4.79 Å². The summed E-state index contributed by atoms with van der Waals surface area (Å²) in [5.41, 5.74) is 0. The minimum absolute atomic E-state index is 0.244. The molecule has 0 bridgehead atoms. The molecule has 1 N–H and O–H groups in total. The van der Waals surface area contributed by atoms with Gasteiger partial charge in [0, 0.05) is 17.8 Å². The predicted molar refractivity (Wildman–Crippen MR) is 67.2 cm³/mol. The zero-order chi connectivity index (χ0) is 11.1. The van der Waals surface area contributed by atoms with Gasteiger partial charge in [-0.2, -0.15) is 0 Å². The summed E-state index contributed by atoms with van der Waals surface area (Å²) >= 11 is 3.41. The van der Waals surface area contributed by atoms with E-state index in [9.17, 15) is 4.79 Å². The van der Waals surface area contributed by atoms with E-state index in [0.29, 0.717) is 12.0 Å². The Hall–Kier alpha value is -0.0500. The molecule has 88 valence electrons. The number of halogens is 1. The Morgan fingerprint density at radius 1 is 1.40 bits per heavy atom. The molecule has 1 aliphatic rings. The first-order chi connectivity index (χ1) is 7.26. The van der Waals surface area contributed by atoms with E-state index in [1.807, 2.05) is 0 Å². The van der Waals surface area contributed by atoms with Gasteiger partial charge in [0.1, 0.15) is 0 Å². The second-order valence-electron chi connectivity index (χ2n) is 4.54. The molecule has 2 nitrogen and oxygen atoms in total. The van der Waals surface area contributed by atoms with Crippen LogP contribution in [0.25, 0.3) is 0 Å². The maximum atomic E-state index is 11.7. The molecule has 1 rings (SSSR count). The standard InChI is InChI=1S/C12H22BrNO/c1-2-11(9-13)14-12(15)8-10-6-4-3-5-7-10/h10-11H,2-9H2,1H3,(H,14,15). The fraction of sp³-hybridized carbons (Fsp3) is 0.917. The molecule has 0 saturated heterocycles. The Balaban J connectivity index is 2.21. The van der Waals surface area contributed by atoms with Crippen LogP contribution in [0, 0.1) is 5.92 Å². The Morgan fingerprint density at radius 3 is 2.60 bits per heavy atom. The second-order valence-corrected chi connectivity index (χ2v) is 5.18. The number of hydrogen-bond donors (Lipinski definition) is 1. The molecule has 0 heterocycles. The molecule has 0 aromatic rings. The summed E-state index contributed by atoms with van der Waals surface area (Å²) < 4.78 is 0. The molecular weight excluding hydrogens is 254 g/mol. The van der Waals surface area contributed by atoms with Gasteiger partial charge < -0.3 is 5.32 Å². The van der Waals surface area contributed by atoms with Gasteiger partial charge in [0.15, 0.2) is 0 Å². The molecular formula is C12H22BrNO. The molecule has 1 saturated carbocycles. The third-order valence-corrected chi connectivity index (χ3v) is 4.02. The van der Waals surface area contributed by atoms with Gasteiger partial charge in [-0.05, 0) is 25.2 Å². The summed E-state index contributed by atoms with van der Waals surface area (Å²) in [6, 6.07) is 0.307. The van der Waals surface area contributed by atoms with E-state index < -0.39 is 0 Å². The minimum atomic E-state index is 0.244. The fourth-order valence-corrected chi connectivity index (χ4v) is 2.81. The summed E-state index contributed by atoms with van der Waals surface area (Å²) in [6.45, 7) is 2.10. The van der Waals surface area contributed by atoms with Crippen LogP contribution in [0.1, 0.15) is 51.9 Å². The summed E-state index contributed by atoms with van der Waals surface area (Å²) in [6.07, 6.45) is 8.22. The van der Waals surface area contributed by atoms with Crippen molar-refractivity contribution in [2.75, 3.05) is 5.33 Å². The third kappa shape index (κ3) is 5.01. The number of alkyl halides is 1. The molecule has 0 spiro atoms. The number of hydrogen-bond acceptors (Lipinski definition) is 1. The lowest BCUT2D eigenvalue weighted by Gasteiger charge is -2.22. The Morgan fingerprint density at radius 2 is 2.07 bits per heavy atom. The van der Waals surface area contributed by atoms with Crippen molar-refractivity contribution < 1.29 is 4.79 Å². The van der Waals surface area contributed by atoms with Gasteiger partial charge in [-0.1, -0.05) is 42.1 Å². The van der Waals surface area contributed by atoms with E-state index in [2.05, 4.69) is 28.2 Å². The highest BCUT2D eigenvalue weighted by molar-refractivity contribution is 9.09. The topological polar surface area (TPSA) is 29.1 Å². The summed E-state index contributed by atoms with van der Waals surface area (Å²) in [5.74, 6) is 0.889. The second kappa shape index (κ2) is 7.26. The zero-order valence-electron chi connectivity index (χ0n) is 9.60. The average molecular weight is 276 g/mol. The predicted octanol–water partition coefficient (Wildman–Crippen LogP) is 3.25. The number of rotatable bonds is 5. The quantitative estimate of drug-likeness (QED) is 0.767. The van der Waals surface area contributed by atoms with Crippen LogP contribution >= 0.6 is 15.9 Å². The van der Waals surface area contributed by atoms with Gasteiger partial charge in [-0.25, -0.2) is 0 Å². The van der Waals surface area contributed by atoms with E-state index >= 15 is 0 Å². The lowest BCUT2D eigenvalue weighted by molar-refractivity contribution is -0.122. The van der Waals surface area contributed by atoms with Crippen LogP contribution in [0.2, 0.25) is 0 Å². The van der Waals surface area contributed by atoms with Crippen molar-refractivity contribution in [3.05, 3.63) is 0 Å². The summed E-state index contributed by atoms with van der Waals surface area (Å²) in [4.78, 5) is 11.7. The van der Waals surface area contributed by atoms with Crippen LogP contribution < -0.4 is 5.32 Å². The molecule has 1 aliphatic carbocycles. The highest BCUT2D eigenvalue weighted by Gasteiger charge is 2.18. The van der Waals surface area contributed by atoms with Crippen LogP contribution in [0.3, 0.4) is 0 Å². The van der Waals surface area contributed by atoms with Gasteiger partial charge in [-0.15, -0.1) is 0 Å². The summed E-state index contributed by atoms with van der Waals surface area (Å²) in [7, 11) is 0. The first-order valence-electron chi connectivity index (χ1n) is 6.11. The molecule has 3 heteroatoms. The number of carbonyl (C=O) groups excluding carboxylic acids is 1. The van der Waals surface area contributed by atoms with Crippen molar-refractivity contribution in [1.82, 2.24) is 5.32 Å². The van der Waals surface area contributed by atoms with Crippen LogP contribution in [0.15, 0.2) is 0 Å². The number of carbonyl (C=O) groups is 1. The van der Waals surface area contributed by atoms with Crippen molar-refractivity contribution in [2.45, 2.75) is 57.9 Å².